The van der Waals surface area contributed by atoms with Gasteiger partial charge in [-0.2, -0.15) is 5.10 Å². The van der Waals surface area contributed by atoms with Crippen LogP contribution >= 0.6 is 23.2 Å². The Morgan fingerprint density at radius 2 is 1.82 bits per heavy atom. The molecule has 0 aliphatic carbocycles. The van der Waals surface area contributed by atoms with E-state index in [4.69, 9.17) is 23.2 Å². The third-order valence-electron chi connectivity index (χ3n) is 2.97. The van der Waals surface area contributed by atoms with Crippen molar-refractivity contribution in [3.63, 3.8) is 0 Å². The van der Waals surface area contributed by atoms with Crippen LogP contribution < -0.4 is 10.7 Å². The van der Waals surface area contributed by atoms with E-state index in [-0.39, 0.29) is 12.5 Å². The Labute approximate surface area is 139 Å². The van der Waals surface area contributed by atoms with E-state index >= 15 is 0 Å². The highest BCUT2D eigenvalue weighted by atomic mass is 35.5. The fourth-order valence-electron chi connectivity index (χ4n) is 1.79. The van der Waals surface area contributed by atoms with Gasteiger partial charge in [-0.05, 0) is 30.7 Å². The number of carbonyl (C=O) groups is 1. The van der Waals surface area contributed by atoms with Crippen LogP contribution in [0, 0.1) is 6.92 Å². The van der Waals surface area contributed by atoms with Gasteiger partial charge in [-0.3, -0.25) is 4.79 Å². The van der Waals surface area contributed by atoms with Crippen molar-refractivity contribution in [2.24, 2.45) is 5.10 Å². The molecule has 114 valence electrons. The van der Waals surface area contributed by atoms with Crippen LogP contribution in [0.3, 0.4) is 0 Å². The monoisotopic (exact) mass is 335 g/mol. The minimum atomic E-state index is -0.261. The van der Waals surface area contributed by atoms with Gasteiger partial charge >= 0.3 is 0 Å². The molecule has 0 aliphatic heterocycles. The number of aryl methyl sites for hydroxylation is 1. The average Bonchev–Trinajstić information content (AvgIpc) is 2.49. The Bertz CT molecular complexity index is 681. The average molecular weight is 336 g/mol. The van der Waals surface area contributed by atoms with Crippen LogP contribution in [0.2, 0.25) is 10.0 Å². The molecule has 1 amide bonds. The molecule has 0 spiro atoms. The number of halogens is 2. The first-order valence-corrected chi connectivity index (χ1v) is 7.39. The van der Waals surface area contributed by atoms with Crippen LogP contribution in [0.5, 0.6) is 0 Å². The van der Waals surface area contributed by atoms with E-state index in [2.05, 4.69) is 15.8 Å². The molecule has 0 saturated carbocycles. The fraction of sp³-hybridized carbons (Fsp3) is 0.125. The largest absolute Gasteiger partial charge is 0.376 e. The lowest BCUT2D eigenvalue weighted by Gasteiger charge is -2.08. The van der Waals surface area contributed by atoms with Gasteiger partial charge in [-0.15, -0.1) is 0 Å². The molecule has 0 radical (unpaired) electrons. The van der Waals surface area contributed by atoms with Crippen LogP contribution in [-0.4, -0.2) is 18.7 Å². The van der Waals surface area contributed by atoms with Crippen LogP contribution in [-0.2, 0) is 4.79 Å². The standard InChI is InChI=1S/C16H15Cl2N3O/c1-11-5-2-3-8-15(11)19-10-16(22)21-20-9-12-13(17)6-4-7-14(12)18/h2-9,19H,10H2,1H3,(H,21,22)/b20-9+. The first-order chi connectivity index (χ1) is 10.6. The molecule has 2 rings (SSSR count). The Morgan fingerprint density at radius 1 is 1.14 bits per heavy atom. The Morgan fingerprint density at radius 3 is 2.50 bits per heavy atom. The summed E-state index contributed by atoms with van der Waals surface area (Å²) in [5.41, 5.74) is 4.98. The first kappa shape index (κ1) is 16.3. The summed E-state index contributed by atoms with van der Waals surface area (Å²) >= 11 is 12.0. The second-order valence-corrected chi connectivity index (χ2v) is 5.41. The van der Waals surface area contributed by atoms with E-state index in [0.717, 1.165) is 11.3 Å². The molecular formula is C16H15Cl2N3O. The van der Waals surface area contributed by atoms with Crippen molar-refractivity contribution in [3.05, 3.63) is 63.6 Å². The quantitative estimate of drug-likeness (QED) is 0.643. The lowest BCUT2D eigenvalue weighted by atomic mass is 10.2. The molecule has 0 heterocycles. The molecule has 0 fully saturated rings. The lowest BCUT2D eigenvalue weighted by molar-refractivity contribution is -0.119. The van der Waals surface area contributed by atoms with Crippen LogP contribution in [0.4, 0.5) is 5.69 Å². The molecule has 2 aromatic rings. The van der Waals surface area contributed by atoms with Gasteiger partial charge in [0.1, 0.15) is 0 Å². The van der Waals surface area contributed by atoms with E-state index < -0.39 is 0 Å². The van der Waals surface area contributed by atoms with Gasteiger partial charge in [-0.25, -0.2) is 5.43 Å². The number of hydrogen-bond donors (Lipinski definition) is 2. The lowest BCUT2D eigenvalue weighted by Crippen LogP contribution is -2.26. The molecule has 0 aromatic heterocycles. The molecule has 2 N–H and O–H groups in total. The summed E-state index contributed by atoms with van der Waals surface area (Å²) in [7, 11) is 0. The zero-order valence-electron chi connectivity index (χ0n) is 11.9. The molecule has 2 aromatic carbocycles. The topological polar surface area (TPSA) is 53.5 Å². The second-order valence-electron chi connectivity index (χ2n) is 4.60. The highest BCUT2D eigenvalue weighted by Crippen LogP contribution is 2.21. The zero-order chi connectivity index (χ0) is 15.9. The molecule has 4 nitrogen and oxygen atoms in total. The van der Waals surface area contributed by atoms with Crippen molar-refractivity contribution in [2.45, 2.75) is 6.92 Å². The molecule has 0 saturated heterocycles. The van der Waals surface area contributed by atoms with Crippen molar-refractivity contribution in [1.82, 2.24) is 5.43 Å². The predicted octanol–water partition coefficient (Wildman–Crippen LogP) is 3.86. The van der Waals surface area contributed by atoms with Crippen molar-refractivity contribution in [2.75, 3.05) is 11.9 Å². The summed E-state index contributed by atoms with van der Waals surface area (Å²) in [6.45, 7) is 2.09. The fourth-order valence-corrected chi connectivity index (χ4v) is 2.28. The third kappa shape index (κ3) is 4.48. The minimum absolute atomic E-state index is 0.123. The van der Waals surface area contributed by atoms with E-state index in [0.29, 0.717) is 15.6 Å². The van der Waals surface area contributed by atoms with E-state index in [9.17, 15) is 4.79 Å². The van der Waals surface area contributed by atoms with Crippen LogP contribution in [0.1, 0.15) is 11.1 Å². The normalized spacial score (nSPS) is 10.7. The smallest absolute Gasteiger partial charge is 0.259 e. The maximum absolute atomic E-state index is 11.7. The van der Waals surface area contributed by atoms with Gasteiger partial charge in [0.15, 0.2) is 0 Å². The van der Waals surface area contributed by atoms with E-state index in [1.807, 2.05) is 31.2 Å². The van der Waals surface area contributed by atoms with Gasteiger partial charge in [0.25, 0.3) is 5.91 Å². The van der Waals surface area contributed by atoms with Gasteiger partial charge in [0.2, 0.25) is 0 Å². The number of hydrogen-bond acceptors (Lipinski definition) is 3. The Hall–Kier alpha value is -2.04. The van der Waals surface area contributed by atoms with Gasteiger partial charge in [0, 0.05) is 11.3 Å². The Kier molecular flexibility index (Phi) is 5.81. The number of carbonyl (C=O) groups excluding carboxylic acids is 1. The van der Waals surface area contributed by atoms with Gasteiger partial charge < -0.3 is 5.32 Å². The van der Waals surface area contributed by atoms with Crippen molar-refractivity contribution in [1.29, 1.82) is 0 Å². The van der Waals surface area contributed by atoms with Gasteiger partial charge in [-0.1, -0.05) is 47.5 Å². The van der Waals surface area contributed by atoms with E-state index in [1.165, 1.54) is 6.21 Å². The molecule has 0 aliphatic rings. The number of para-hydroxylation sites is 1. The highest BCUT2D eigenvalue weighted by molar-refractivity contribution is 6.38. The number of nitrogens with one attached hydrogen (secondary N) is 2. The third-order valence-corrected chi connectivity index (χ3v) is 3.63. The molecule has 22 heavy (non-hydrogen) atoms. The SMILES string of the molecule is Cc1ccccc1NCC(=O)N/N=C/c1c(Cl)cccc1Cl. The number of anilines is 1. The summed E-state index contributed by atoms with van der Waals surface area (Å²) in [6.07, 6.45) is 1.43. The molecular weight excluding hydrogens is 321 g/mol. The summed E-state index contributed by atoms with van der Waals surface area (Å²) in [5.74, 6) is -0.261. The highest BCUT2D eigenvalue weighted by Gasteiger charge is 2.03. The first-order valence-electron chi connectivity index (χ1n) is 6.63. The second kappa shape index (κ2) is 7.82. The summed E-state index contributed by atoms with van der Waals surface area (Å²) < 4.78 is 0. The minimum Gasteiger partial charge on any atom is -0.376 e. The van der Waals surface area contributed by atoms with Crippen molar-refractivity contribution in [3.8, 4) is 0 Å². The number of amides is 1. The van der Waals surface area contributed by atoms with Crippen molar-refractivity contribution >= 4 is 41.0 Å². The predicted molar refractivity (Wildman–Crippen MR) is 91.9 cm³/mol. The summed E-state index contributed by atoms with van der Waals surface area (Å²) in [5, 5.41) is 7.86. The summed E-state index contributed by atoms with van der Waals surface area (Å²) in [4.78, 5) is 11.7. The molecule has 0 bridgehead atoms. The summed E-state index contributed by atoms with van der Waals surface area (Å²) in [6, 6.07) is 12.9. The van der Waals surface area contributed by atoms with Crippen LogP contribution in [0.25, 0.3) is 0 Å². The molecule has 6 heteroatoms. The number of nitrogens with zero attached hydrogens (tertiary/aromatic N) is 1. The maximum atomic E-state index is 11.7. The van der Waals surface area contributed by atoms with Crippen LogP contribution in [0.15, 0.2) is 47.6 Å². The number of hydrazone groups is 1. The number of rotatable bonds is 5. The van der Waals surface area contributed by atoms with Gasteiger partial charge in [0.05, 0.1) is 22.8 Å². The van der Waals surface area contributed by atoms with Crippen molar-refractivity contribution < 1.29 is 4.79 Å². The zero-order valence-corrected chi connectivity index (χ0v) is 13.4. The molecule has 0 unspecified atom stereocenters. The maximum Gasteiger partial charge on any atom is 0.259 e. The Balaban J connectivity index is 1.88. The molecule has 0 atom stereocenters. The number of benzene rings is 2. The van der Waals surface area contributed by atoms with E-state index in [1.54, 1.807) is 18.2 Å².